The van der Waals surface area contributed by atoms with E-state index >= 15 is 0 Å². The summed E-state index contributed by atoms with van der Waals surface area (Å²) in [6.45, 7) is 3.80. The molecular weight excluding hydrogens is 258 g/mol. The Morgan fingerprint density at radius 2 is 1.56 bits per heavy atom. The molecule has 0 N–H and O–H groups in total. The van der Waals surface area contributed by atoms with Gasteiger partial charge in [-0.3, -0.25) is 0 Å². The van der Waals surface area contributed by atoms with Gasteiger partial charge >= 0.3 is 0 Å². The number of nitrogens with zero attached hydrogens (tertiary/aromatic N) is 1. The zero-order valence-corrected chi connectivity index (χ0v) is 11.5. The SMILES string of the molecule is C=CC(=Nc1ccccc1)SSc1ccccc1. The Kier molecular flexibility index (Phi) is 5.12. The van der Waals surface area contributed by atoms with Crippen molar-refractivity contribution in [1.82, 2.24) is 0 Å². The van der Waals surface area contributed by atoms with Crippen molar-refractivity contribution in [3.05, 3.63) is 73.3 Å². The highest BCUT2D eigenvalue weighted by atomic mass is 33.1. The standard InChI is InChI=1S/C15H13NS2/c1-2-15(16-13-9-5-3-6-10-13)18-17-14-11-7-4-8-12-14/h2-12H,1H2. The molecule has 18 heavy (non-hydrogen) atoms. The van der Waals surface area contributed by atoms with Gasteiger partial charge < -0.3 is 0 Å². The summed E-state index contributed by atoms with van der Waals surface area (Å²) in [5, 5.41) is 0.912. The maximum atomic E-state index is 4.53. The molecule has 0 aliphatic heterocycles. The highest BCUT2D eigenvalue weighted by Gasteiger charge is 1.99. The number of aliphatic imine (C=N–C) groups is 1. The number of benzene rings is 2. The number of rotatable bonds is 4. The summed E-state index contributed by atoms with van der Waals surface area (Å²) in [6.07, 6.45) is 1.79. The number of hydrogen-bond donors (Lipinski definition) is 0. The molecule has 0 amide bonds. The van der Waals surface area contributed by atoms with Crippen molar-refractivity contribution in [3.63, 3.8) is 0 Å². The molecule has 2 rings (SSSR count). The Labute approximate surface area is 115 Å². The zero-order valence-electron chi connectivity index (χ0n) is 9.82. The van der Waals surface area contributed by atoms with Gasteiger partial charge in [0.2, 0.25) is 0 Å². The first-order chi connectivity index (χ1) is 8.88. The molecule has 0 aromatic heterocycles. The fourth-order valence-corrected chi connectivity index (χ4v) is 3.15. The van der Waals surface area contributed by atoms with Gasteiger partial charge in [0.05, 0.1) is 5.69 Å². The van der Waals surface area contributed by atoms with Crippen molar-refractivity contribution in [1.29, 1.82) is 0 Å². The minimum atomic E-state index is 0.912. The lowest BCUT2D eigenvalue weighted by molar-refractivity contribution is 1.48. The van der Waals surface area contributed by atoms with Gasteiger partial charge in [0.1, 0.15) is 5.04 Å². The normalized spacial score (nSPS) is 11.2. The monoisotopic (exact) mass is 271 g/mol. The van der Waals surface area contributed by atoms with Crippen LogP contribution in [0.3, 0.4) is 0 Å². The van der Waals surface area contributed by atoms with E-state index in [9.17, 15) is 0 Å². The molecule has 0 atom stereocenters. The van der Waals surface area contributed by atoms with E-state index in [1.807, 2.05) is 48.5 Å². The molecule has 2 aromatic carbocycles. The molecule has 2 aromatic rings. The molecule has 1 nitrogen and oxygen atoms in total. The van der Waals surface area contributed by atoms with E-state index in [0.717, 1.165) is 10.7 Å². The van der Waals surface area contributed by atoms with Gasteiger partial charge in [0.15, 0.2) is 0 Å². The first-order valence-electron chi connectivity index (χ1n) is 5.54. The van der Waals surface area contributed by atoms with E-state index < -0.39 is 0 Å². The zero-order chi connectivity index (χ0) is 12.6. The van der Waals surface area contributed by atoms with Crippen molar-refractivity contribution in [2.24, 2.45) is 4.99 Å². The molecule has 90 valence electrons. The van der Waals surface area contributed by atoms with Crippen LogP contribution in [-0.2, 0) is 0 Å². The van der Waals surface area contributed by atoms with Crippen LogP contribution < -0.4 is 0 Å². The fraction of sp³-hybridized carbons (Fsp3) is 0. The Balaban J connectivity index is 2.02. The van der Waals surface area contributed by atoms with Crippen LogP contribution >= 0.6 is 21.6 Å². The van der Waals surface area contributed by atoms with Gasteiger partial charge in [-0.1, -0.05) is 53.8 Å². The molecule has 0 spiro atoms. The first-order valence-corrected chi connectivity index (χ1v) is 7.69. The van der Waals surface area contributed by atoms with Crippen molar-refractivity contribution in [2.75, 3.05) is 0 Å². The second-order valence-corrected chi connectivity index (χ2v) is 5.69. The summed E-state index contributed by atoms with van der Waals surface area (Å²) in [5.41, 5.74) is 0.952. The summed E-state index contributed by atoms with van der Waals surface area (Å²) in [5.74, 6) is 0. The van der Waals surface area contributed by atoms with E-state index in [1.54, 1.807) is 27.7 Å². The molecule has 0 fully saturated rings. The summed E-state index contributed by atoms with van der Waals surface area (Å²) in [4.78, 5) is 5.75. The van der Waals surface area contributed by atoms with E-state index in [4.69, 9.17) is 0 Å². The van der Waals surface area contributed by atoms with Gasteiger partial charge in [-0.15, -0.1) is 0 Å². The van der Waals surface area contributed by atoms with Crippen LogP contribution in [0.1, 0.15) is 0 Å². The smallest absolute Gasteiger partial charge is 0.107 e. The van der Waals surface area contributed by atoms with Crippen LogP contribution in [0.15, 0.2) is 83.2 Å². The average molecular weight is 271 g/mol. The van der Waals surface area contributed by atoms with Crippen molar-refractivity contribution in [2.45, 2.75) is 4.90 Å². The third-order valence-electron chi connectivity index (χ3n) is 2.14. The van der Waals surface area contributed by atoms with Crippen LogP contribution in [0.25, 0.3) is 0 Å². The van der Waals surface area contributed by atoms with E-state index in [0.29, 0.717) is 0 Å². The molecule has 3 heteroatoms. The summed E-state index contributed by atoms with van der Waals surface area (Å²) in [7, 11) is 3.31. The van der Waals surface area contributed by atoms with Crippen LogP contribution in [-0.4, -0.2) is 5.04 Å². The third kappa shape index (κ3) is 4.09. The molecule has 0 unspecified atom stereocenters. The quantitative estimate of drug-likeness (QED) is 0.422. The number of para-hydroxylation sites is 1. The molecule has 0 aliphatic carbocycles. The predicted octanol–water partition coefficient (Wildman–Crippen LogP) is 5.34. The maximum absolute atomic E-state index is 4.53. The molecule has 0 saturated carbocycles. The second-order valence-electron chi connectivity index (χ2n) is 3.47. The summed E-state index contributed by atoms with van der Waals surface area (Å²) < 4.78 is 0. The lowest BCUT2D eigenvalue weighted by Crippen LogP contribution is -1.81. The highest BCUT2D eigenvalue weighted by molar-refractivity contribution is 8.82. The molecular formula is C15H13NS2. The Morgan fingerprint density at radius 3 is 2.17 bits per heavy atom. The van der Waals surface area contributed by atoms with Crippen LogP contribution in [0, 0.1) is 0 Å². The minimum absolute atomic E-state index is 0.912. The largest absolute Gasteiger partial charge is 0.241 e. The van der Waals surface area contributed by atoms with Gasteiger partial charge in [0, 0.05) is 4.90 Å². The maximum Gasteiger partial charge on any atom is 0.107 e. The van der Waals surface area contributed by atoms with Crippen LogP contribution in [0.2, 0.25) is 0 Å². The fourth-order valence-electron chi connectivity index (χ4n) is 1.29. The van der Waals surface area contributed by atoms with E-state index in [2.05, 4.69) is 23.7 Å². The third-order valence-corrected chi connectivity index (χ3v) is 4.45. The van der Waals surface area contributed by atoms with Crippen molar-refractivity contribution >= 4 is 32.3 Å². The molecule has 0 radical (unpaired) electrons. The average Bonchev–Trinajstić information content (AvgIpc) is 2.45. The van der Waals surface area contributed by atoms with Crippen LogP contribution in [0.5, 0.6) is 0 Å². The number of hydrogen-bond acceptors (Lipinski definition) is 3. The predicted molar refractivity (Wildman–Crippen MR) is 83.6 cm³/mol. The van der Waals surface area contributed by atoms with E-state index in [1.165, 1.54) is 4.90 Å². The van der Waals surface area contributed by atoms with Gasteiger partial charge in [-0.2, -0.15) is 0 Å². The lowest BCUT2D eigenvalue weighted by Gasteiger charge is -2.01. The first kappa shape index (κ1) is 13.0. The minimum Gasteiger partial charge on any atom is -0.241 e. The van der Waals surface area contributed by atoms with Gasteiger partial charge in [0.25, 0.3) is 0 Å². The Hall–Kier alpha value is -1.45. The van der Waals surface area contributed by atoms with Crippen molar-refractivity contribution in [3.8, 4) is 0 Å². The van der Waals surface area contributed by atoms with Crippen molar-refractivity contribution < 1.29 is 0 Å². The lowest BCUT2D eigenvalue weighted by atomic mass is 10.3. The topological polar surface area (TPSA) is 12.4 Å². The Bertz CT molecular complexity index is 521. The molecule has 0 saturated heterocycles. The summed E-state index contributed by atoms with van der Waals surface area (Å²) in [6, 6.07) is 20.2. The second kappa shape index (κ2) is 7.09. The summed E-state index contributed by atoms with van der Waals surface area (Å²) >= 11 is 0. The molecule has 0 aliphatic rings. The molecule has 0 heterocycles. The Morgan fingerprint density at radius 1 is 0.944 bits per heavy atom. The highest BCUT2D eigenvalue weighted by Crippen LogP contribution is 2.33. The van der Waals surface area contributed by atoms with Gasteiger partial charge in [-0.05, 0) is 41.1 Å². The van der Waals surface area contributed by atoms with Crippen LogP contribution in [0.4, 0.5) is 5.69 Å². The van der Waals surface area contributed by atoms with Gasteiger partial charge in [-0.25, -0.2) is 4.99 Å². The molecule has 0 bridgehead atoms. The van der Waals surface area contributed by atoms with E-state index in [-0.39, 0.29) is 0 Å².